The largest absolute Gasteiger partial charge is 0.391 e. The summed E-state index contributed by atoms with van der Waals surface area (Å²) in [6, 6.07) is 5.28. The lowest BCUT2D eigenvalue weighted by molar-refractivity contribution is -0.183. The highest BCUT2D eigenvalue weighted by molar-refractivity contribution is 7.92. The van der Waals surface area contributed by atoms with Crippen LogP contribution in [0.5, 0.6) is 0 Å². The van der Waals surface area contributed by atoms with Crippen LogP contribution in [-0.2, 0) is 10.0 Å². The Morgan fingerprint density at radius 1 is 1.25 bits per heavy atom. The molecule has 1 aliphatic rings. The van der Waals surface area contributed by atoms with Gasteiger partial charge < -0.3 is 5.32 Å². The Morgan fingerprint density at radius 2 is 1.96 bits per heavy atom. The Balaban J connectivity index is 2.03. The summed E-state index contributed by atoms with van der Waals surface area (Å²) in [4.78, 5) is 12.2. The second kappa shape index (κ2) is 7.00. The van der Waals surface area contributed by atoms with Crippen LogP contribution < -0.4 is 10.0 Å². The number of rotatable bonds is 4. The topological polar surface area (TPSA) is 75.3 Å². The second-order valence-corrected chi connectivity index (χ2v) is 7.78. The van der Waals surface area contributed by atoms with Crippen LogP contribution >= 0.6 is 0 Å². The fraction of sp³-hybridized carbons (Fsp3) is 0.533. The molecule has 0 heterocycles. The van der Waals surface area contributed by atoms with E-state index in [4.69, 9.17) is 0 Å². The first kappa shape index (κ1) is 18.6. The number of amides is 1. The van der Waals surface area contributed by atoms with E-state index in [-0.39, 0.29) is 24.1 Å². The van der Waals surface area contributed by atoms with Gasteiger partial charge in [0.25, 0.3) is 5.91 Å². The van der Waals surface area contributed by atoms with Crippen LogP contribution in [0.25, 0.3) is 0 Å². The SMILES string of the molecule is CS(=O)(=O)Nc1cccc(C(=O)N[C@H]2CCC[C@H](C(F)(F)F)C2)c1. The second-order valence-electron chi connectivity index (χ2n) is 6.03. The molecule has 0 bridgehead atoms. The van der Waals surface area contributed by atoms with Crippen molar-refractivity contribution in [3.63, 3.8) is 0 Å². The third-order valence-corrected chi connectivity index (χ3v) is 4.51. The van der Waals surface area contributed by atoms with E-state index in [1.165, 1.54) is 24.3 Å². The fourth-order valence-electron chi connectivity index (χ4n) is 2.82. The molecule has 2 N–H and O–H groups in total. The zero-order chi connectivity index (χ0) is 18.0. The third-order valence-electron chi connectivity index (χ3n) is 3.90. The summed E-state index contributed by atoms with van der Waals surface area (Å²) < 4.78 is 63.1. The van der Waals surface area contributed by atoms with E-state index in [0.29, 0.717) is 12.8 Å². The minimum atomic E-state index is -4.25. The van der Waals surface area contributed by atoms with Gasteiger partial charge in [0.2, 0.25) is 10.0 Å². The molecule has 0 aliphatic heterocycles. The number of halogens is 3. The molecule has 1 aromatic carbocycles. The lowest BCUT2D eigenvalue weighted by atomic mass is 9.85. The minimum Gasteiger partial charge on any atom is -0.349 e. The van der Waals surface area contributed by atoms with Crippen LogP contribution in [-0.4, -0.2) is 32.8 Å². The molecule has 1 fully saturated rings. The summed E-state index contributed by atoms with van der Waals surface area (Å²) in [5.74, 6) is -1.91. The normalized spacial score (nSPS) is 22.0. The molecule has 1 saturated carbocycles. The maximum atomic E-state index is 12.8. The van der Waals surface area contributed by atoms with Crippen LogP contribution in [0.15, 0.2) is 24.3 Å². The number of hydrogen-bond acceptors (Lipinski definition) is 3. The Kier molecular flexibility index (Phi) is 5.42. The van der Waals surface area contributed by atoms with E-state index in [0.717, 1.165) is 6.26 Å². The minimum absolute atomic E-state index is 0.0869. The highest BCUT2D eigenvalue weighted by Gasteiger charge is 2.42. The standard InChI is InChI=1S/C15H19F3N2O3S/c1-24(22,23)20-13-7-2-4-10(8-13)14(21)19-12-6-3-5-11(9-12)15(16,17)18/h2,4,7-8,11-12,20H,3,5-6,9H2,1H3,(H,19,21)/t11-,12-/m0/s1. The number of alkyl halides is 3. The van der Waals surface area contributed by atoms with Gasteiger partial charge in [0.15, 0.2) is 0 Å². The number of anilines is 1. The first-order chi connectivity index (χ1) is 11.0. The summed E-state index contributed by atoms with van der Waals surface area (Å²) in [5, 5.41) is 2.61. The quantitative estimate of drug-likeness (QED) is 0.863. The van der Waals surface area contributed by atoms with Gasteiger partial charge in [-0.1, -0.05) is 12.5 Å². The Labute approximate surface area is 138 Å². The maximum Gasteiger partial charge on any atom is 0.391 e. The zero-order valence-corrected chi connectivity index (χ0v) is 13.9. The molecule has 1 amide bonds. The lowest BCUT2D eigenvalue weighted by Crippen LogP contribution is -2.41. The van der Waals surface area contributed by atoms with Crippen LogP contribution in [0.1, 0.15) is 36.0 Å². The molecule has 0 unspecified atom stereocenters. The van der Waals surface area contributed by atoms with Crippen molar-refractivity contribution in [2.75, 3.05) is 11.0 Å². The number of carbonyl (C=O) groups excluding carboxylic acids is 1. The predicted octanol–water partition coefficient (Wildman–Crippen LogP) is 2.91. The lowest BCUT2D eigenvalue weighted by Gasteiger charge is -2.31. The molecule has 9 heteroatoms. The van der Waals surface area contributed by atoms with Crippen molar-refractivity contribution in [2.24, 2.45) is 5.92 Å². The summed E-state index contributed by atoms with van der Waals surface area (Å²) in [5.41, 5.74) is 0.416. The third kappa shape index (κ3) is 5.40. The molecule has 1 aromatic rings. The van der Waals surface area contributed by atoms with Gasteiger partial charge in [-0.05, 0) is 37.5 Å². The molecular weight excluding hydrogens is 345 g/mol. The van der Waals surface area contributed by atoms with E-state index in [1.54, 1.807) is 0 Å². The number of sulfonamides is 1. The molecule has 0 radical (unpaired) electrons. The highest BCUT2D eigenvalue weighted by atomic mass is 32.2. The van der Waals surface area contributed by atoms with Crippen LogP contribution in [0.2, 0.25) is 0 Å². The van der Waals surface area contributed by atoms with E-state index >= 15 is 0 Å². The van der Waals surface area contributed by atoms with Crippen molar-refractivity contribution in [3.8, 4) is 0 Å². The fourth-order valence-corrected chi connectivity index (χ4v) is 3.38. The van der Waals surface area contributed by atoms with Gasteiger partial charge in [-0.15, -0.1) is 0 Å². The highest BCUT2D eigenvalue weighted by Crippen LogP contribution is 2.37. The molecule has 2 rings (SSSR count). The predicted molar refractivity (Wildman–Crippen MR) is 84.2 cm³/mol. The van der Waals surface area contributed by atoms with Crippen LogP contribution in [0.4, 0.5) is 18.9 Å². The van der Waals surface area contributed by atoms with Gasteiger partial charge in [0, 0.05) is 17.3 Å². The molecule has 0 spiro atoms. The summed E-state index contributed by atoms with van der Waals surface area (Å²) in [7, 11) is -3.48. The zero-order valence-electron chi connectivity index (χ0n) is 13.1. The van der Waals surface area contributed by atoms with E-state index in [1.807, 2.05) is 0 Å². The molecule has 24 heavy (non-hydrogen) atoms. The molecule has 0 aromatic heterocycles. The van der Waals surface area contributed by atoms with Crippen molar-refractivity contribution in [3.05, 3.63) is 29.8 Å². The van der Waals surface area contributed by atoms with Crippen molar-refractivity contribution >= 4 is 21.6 Å². The first-order valence-corrected chi connectivity index (χ1v) is 9.39. The van der Waals surface area contributed by atoms with E-state index in [2.05, 4.69) is 10.0 Å². The van der Waals surface area contributed by atoms with E-state index in [9.17, 15) is 26.4 Å². The van der Waals surface area contributed by atoms with Gasteiger partial charge in [0.05, 0.1) is 12.2 Å². The molecule has 2 atom stereocenters. The number of hydrogen-bond donors (Lipinski definition) is 2. The van der Waals surface area contributed by atoms with Gasteiger partial charge in [-0.2, -0.15) is 13.2 Å². The Bertz CT molecular complexity index is 704. The first-order valence-electron chi connectivity index (χ1n) is 7.50. The monoisotopic (exact) mass is 364 g/mol. The van der Waals surface area contributed by atoms with Gasteiger partial charge in [0.1, 0.15) is 0 Å². The molecule has 1 aliphatic carbocycles. The van der Waals surface area contributed by atoms with Crippen LogP contribution in [0, 0.1) is 5.92 Å². The van der Waals surface area contributed by atoms with Gasteiger partial charge >= 0.3 is 6.18 Å². The number of benzene rings is 1. The number of nitrogens with one attached hydrogen (secondary N) is 2. The average molecular weight is 364 g/mol. The van der Waals surface area contributed by atoms with Crippen molar-refractivity contribution in [1.29, 1.82) is 0 Å². The Hall–Kier alpha value is -1.77. The van der Waals surface area contributed by atoms with Crippen molar-refractivity contribution in [2.45, 2.75) is 37.9 Å². The number of carbonyl (C=O) groups is 1. The van der Waals surface area contributed by atoms with E-state index < -0.39 is 34.1 Å². The molecular formula is C15H19F3N2O3S. The summed E-state index contributed by atoms with van der Waals surface area (Å²) >= 11 is 0. The van der Waals surface area contributed by atoms with Crippen molar-refractivity contribution in [1.82, 2.24) is 5.32 Å². The summed E-state index contributed by atoms with van der Waals surface area (Å²) in [6.45, 7) is 0. The van der Waals surface area contributed by atoms with Crippen LogP contribution in [0.3, 0.4) is 0 Å². The van der Waals surface area contributed by atoms with Crippen molar-refractivity contribution < 1.29 is 26.4 Å². The molecule has 5 nitrogen and oxygen atoms in total. The average Bonchev–Trinajstić information content (AvgIpc) is 2.45. The smallest absolute Gasteiger partial charge is 0.349 e. The summed E-state index contributed by atoms with van der Waals surface area (Å²) in [6.07, 6.45) is -2.40. The molecule has 0 saturated heterocycles. The maximum absolute atomic E-state index is 12.8. The van der Waals surface area contributed by atoms with Gasteiger partial charge in [-0.25, -0.2) is 8.42 Å². The molecule has 134 valence electrons. The Morgan fingerprint density at radius 3 is 2.58 bits per heavy atom. The van der Waals surface area contributed by atoms with Gasteiger partial charge in [-0.3, -0.25) is 9.52 Å².